The summed E-state index contributed by atoms with van der Waals surface area (Å²) in [5.74, 6) is 1.31. The normalized spacial score (nSPS) is 14.1. The predicted molar refractivity (Wildman–Crippen MR) is 115 cm³/mol. The van der Waals surface area contributed by atoms with Gasteiger partial charge in [0.25, 0.3) is 0 Å². The van der Waals surface area contributed by atoms with Crippen molar-refractivity contribution >= 4 is 30.4 Å². The minimum absolute atomic E-state index is 0.154. The highest BCUT2D eigenvalue weighted by Crippen LogP contribution is 2.34. The first-order valence-corrected chi connectivity index (χ1v) is 12.9. The Bertz CT molecular complexity index is 759. The van der Waals surface area contributed by atoms with Gasteiger partial charge in [0, 0.05) is 15.7 Å². The third-order valence-electron chi connectivity index (χ3n) is 4.73. The number of rotatable bonds is 9. The van der Waals surface area contributed by atoms with Crippen molar-refractivity contribution in [2.24, 2.45) is 5.92 Å². The Morgan fingerprint density at radius 1 is 0.923 bits per heavy atom. The summed E-state index contributed by atoms with van der Waals surface area (Å²) in [6, 6.07) is 13.5. The van der Waals surface area contributed by atoms with E-state index in [9.17, 15) is 8.42 Å². The maximum atomic E-state index is 11.6. The van der Waals surface area contributed by atoms with Crippen LogP contribution in [0.5, 0.6) is 0 Å². The number of benzene rings is 2. The van der Waals surface area contributed by atoms with Crippen LogP contribution in [-0.4, -0.2) is 14.2 Å². The van der Waals surface area contributed by atoms with Crippen molar-refractivity contribution in [3.05, 3.63) is 42.5 Å². The minimum Gasteiger partial charge on any atom is -0.217 e. The van der Waals surface area contributed by atoms with Crippen LogP contribution in [0.1, 0.15) is 65.2 Å². The zero-order valence-electron chi connectivity index (χ0n) is 16.1. The summed E-state index contributed by atoms with van der Waals surface area (Å²) in [7, 11) is -2.10. The maximum Gasteiger partial charge on any atom is 0.205 e. The van der Waals surface area contributed by atoms with Crippen LogP contribution >= 0.6 is 10.8 Å². The van der Waals surface area contributed by atoms with Gasteiger partial charge in [0.2, 0.25) is 8.87 Å². The zero-order chi connectivity index (χ0) is 18.8. The van der Waals surface area contributed by atoms with Gasteiger partial charge in [-0.2, -0.15) is 0 Å². The van der Waals surface area contributed by atoms with Crippen LogP contribution in [0.15, 0.2) is 47.4 Å². The van der Waals surface area contributed by atoms with Gasteiger partial charge in [0.1, 0.15) is 0 Å². The fourth-order valence-corrected chi connectivity index (χ4v) is 5.32. The molecule has 2 aromatic carbocycles. The van der Waals surface area contributed by atoms with Gasteiger partial charge in [0.15, 0.2) is 0 Å². The summed E-state index contributed by atoms with van der Waals surface area (Å²) < 4.78 is 23.2. The van der Waals surface area contributed by atoms with Crippen molar-refractivity contribution in [3.8, 4) is 0 Å². The molecule has 1 aliphatic carbocycles. The molecule has 3 rings (SSSR count). The van der Waals surface area contributed by atoms with E-state index in [0.717, 1.165) is 32.4 Å². The van der Waals surface area contributed by atoms with E-state index in [1.165, 1.54) is 51.4 Å². The van der Waals surface area contributed by atoms with Gasteiger partial charge in [-0.3, -0.25) is 0 Å². The van der Waals surface area contributed by atoms with Crippen LogP contribution in [-0.2, 0) is 8.87 Å². The summed E-state index contributed by atoms with van der Waals surface area (Å²) >= 11 is 0. The average molecular weight is 393 g/mol. The van der Waals surface area contributed by atoms with Crippen molar-refractivity contribution in [1.82, 2.24) is 0 Å². The summed E-state index contributed by atoms with van der Waals surface area (Å²) in [4.78, 5) is 0.806. The topological polar surface area (TPSA) is 34.1 Å². The first kappa shape index (κ1) is 21.3. The second kappa shape index (κ2) is 11.0. The second-order valence-electron chi connectivity index (χ2n) is 7.05. The van der Waals surface area contributed by atoms with Crippen molar-refractivity contribution in [3.63, 3.8) is 0 Å². The van der Waals surface area contributed by atoms with Gasteiger partial charge in [0.05, 0.1) is 5.75 Å². The lowest BCUT2D eigenvalue weighted by atomic mass is 10.1. The summed E-state index contributed by atoms with van der Waals surface area (Å²) in [5.41, 5.74) is 0. The standard InChI is InChI=1S/C12H12O2S2.C10H20/c1-2-16(13,14)15-12-9-5-7-10-6-3-4-8-11(10)12;1-2-3-4-5-6-7-10-8-9-10/h3-9H,2H2,1H3;10H,2-9H2,1H3. The fraction of sp³-hybridized carbons (Fsp3) is 0.545. The third-order valence-corrected chi connectivity index (χ3v) is 8.24. The van der Waals surface area contributed by atoms with Gasteiger partial charge < -0.3 is 0 Å². The van der Waals surface area contributed by atoms with E-state index in [2.05, 4.69) is 6.92 Å². The second-order valence-corrected chi connectivity index (χ2v) is 11.4. The van der Waals surface area contributed by atoms with Gasteiger partial charge in [-0.15, -0.1) is 0 Å². The molecule has 0 unspecified atom stereocenters. The van der Waals surface area contributed by atoms with E-state index in [0.29, 0.717) is 0 Å². The smallest absolute Gasteiger partial charge is 0.205 e. The lowest BCUT2D eigenvalue weighted by Crippen LogP contribution is -1.96. The van der Waals surface area contributed by atoms with E-state index >= 15 is 0 Å². The molecule has 0 aliphatic heterocycles. The molecule has 0 spiro atoms. The highest BCUT2D eigenvalue weighted by Gasteiger charge is 2.19. The first-order chi connectivity index (χ1) is 12.6. The number of unbranched alkanes of at least 4 members (excludes halogenated alkanes) is 4. The van der Waals surface area contributed by atoms with Crippen LogP contribution in [0.2, 0.25) is 0 Å². The SMILES string of the molecule is CCCCCCCC1CC1.CCS(=O)(=O)Sc1cccc2ccccc12. The molecule has 4 heteroatoms. The van der Waals surface area contributed by atoms with Gasteiger partial charge in [-0.05, 0) is 22.8 Å². The number of hydrogen-bond acceptors (Lipinski definition) is 3. The Labute approximate surface area is 163 Å². The van der Waals surface area contributed by atoms with Crippen molar-refractivity contribution in [2.45, 2.75) is 70.1 Å². The van der Waals surface area contributed by atoms with Crippen molar-refractivity contribution in [2.75, 3.05) is 5.75 Å². The summed E-state index contributed by atoms with van der Waals surface area (Å²) in [6.07, 6.45) is 11.9. The van der Waals surface area contributed by atoms with Gasteiger partial charge in [-0.25, -0.2) is 8.42 Å². The lowest BCUT2D eigenvalue weighted by Gasteiger charge is -2.05. The molecule has 0 atom stereocenters. The third kappa shape index (κ3) is 7.71. The van der Waals surface area contributed by atoms with E-state index in [4.69, 9.17) is 0 Å². The Morgan fingerprint density at radius 2 is 1.62 bits per heavy atom. The van der Waals surface area contributed by atoms with Crippen molar-refractivity contribution < 1.29 is 8.42 Å². The highest BCUT2D eigenvalue weighted by atomic mass is 33.1. The van der Waals surface area contributed by atoms with Crippen LogP contribution in [0.4, 0.5) is 0 Å². The molecule has 1 saturated carbocycles. The minimum atomic E-state index is -3.05. The number of fused-ring (bicyclic) bond motifs is 1. The van der Waals surface area contributed by atoms with E-state index in [1.807, 2.05) is 42.5 Å². The monoisotopic (exact) mass is 392 g/mol. The number of hydrogen-bond donors (Lipinski definition) is 0. The van der Waals surface area contributed by atoms with Crippen LogP contribution in [0.25, 0.3) is 10.8 Å². The van der Waals surface area contributed by atoms with Gasteiger partial charge >= 0.3 is 0 Å². The first-order valence-electron chi connectivity index (χ1n) is 9.95. The molecule has 0 radical (unpaired) electrons. The summed E-state index contributed by atoms with van der Waals surface area (Å²) in [6.45, 7) is 3.94. The molecule has 26 heavy (non-hydrogen) atoms. The van der Waals surface area contributed by atoms with E-state index in [-0.39, 0.29) is 5.75 Å². The highest BCUT2D eigenvalue weighted by molar-refractivity contribution is 8.72. The van der Waals surface area contributed by atoms with Crippen LogP contribution in [0.3, 0.4) is 0 Å². The van der Waals surface area contributed by atoms with E-state index in [1.54, 1.807) is 6.92 Å². The molecule has 0 saturated heterocycles. The van der Waals surface area contributed by atoms with Gasteiger partial charge in [-0.1, -0.05) is 102 Å². The molecule has 0 N–H and O–H groups in total. The zero-order valence-corrected chi connectivity index (χ0v) is 17.7. The molecule has 144 valence electrons. The van der Waals surface area contributed by atoms with E-state index < -0.39 is 8.87 Å². The largest absolute Gasteiger partial charge is 0.217 e. The van der Waals surface area contributed by atoms with Crippen LogP contribution < -0.4 is 0 Å². The Kier molecular flexibility index (Phi) is 9.00. The quantitative estimate of drug-likeness (QED) is 0.339. The lowest BCUT2D eigenvalue weighted by molar-refractivity contribution is 0.580. The molecule has 0 aromatic heterocycles. The predicted octanol–water partition coefficient (Wildman–Crippen LogP) is 7.04. The molecule has 0 amide bonds. The summed E-state index contributed by atoms with van der Waals surface area (Å²) in [5, 5.41) is 2.06. The average Bonchev–Trinajstić information content (AvgIpc) is 3.47. The molecule has 0 heterocycles. The Hall–Kier alpha value is -1.00. The molecule has 1 aliphatic rings. The molecule has 2 aromatic rings. The maximum absolute atomic E-state index is 11.6. The Balaban J connectivity index is 0.000000209. The fourth-order valence-electron chi connectivity index (χ4n) is 2.91. The molecule has 1 fully saturated rings. The Morgan fingerprint density at radius 3 is 2.31 bits per heavy atom. The molecule has 2 nitrogen and oxygen atoms in total. The molecule has 0 bridgehead atoms. The molecular weight excluding hydrogens is 360 g/mol. The van der Waals surface area contributed by atoms with Crippen molar-refractivity contribution in [1.29, 1.82) is 0 Å². The van der Waals surface area contributed by atoms with Crippen LogP contribution in [0, 0.1) is 5.92 Å². The molecular formula is C22H32O2S2.